The highest BCUT2D eigenvalue weighted by Crippen LogP contribution is 2.30. The monoisotopic (exact) mass is 430 g/mol. The second-order valence-electron chi connectivity index (χ2n) is 7.50. The van der Waals surface area contributed by atoms with E-state index in [2.05, 4.69) is 14.9 Å². The molecule has 0 atom stereocenters. The van der Waals surface area contributed by atoms with E-state index in [0.717, 1.165) is 29.6 Å². The number of ether oxygens (including phenoxy) is 1. The molecule has 1 aliphatic rings. The molecule has 0 bridgehead atoms. The second-order valence-corrected chi connectivity index (χ2v) is 7.50. The largest absolute Gasteiger partial charge is 0.573 e. The topological polar surface area (TPSA) is 60.2 Å². The number of rotatable bonds is 7. The van der Waals surface area contributed by atoms with Gasteiger partial charge in [0.05, 0.1) is 6.20 Å². The van der Waals surface area contributed by atoms with Gasteiger partial charge in [-0.1, -0.05) is 35.1 Å². The number of hydrogen-bond donors (Lipinski definition) is 0. The normalized spacial score (nSPS) is 13.8. The van der Waals surface area contributed by atoms with Gasteiger partial charge in [-0.3, -0.25) is 0 Å². The highest BCUT2D eigenvalue weighted by molar-refractivity contribution is 5.75. The van der Waals surface area contributed by atoms with Gasteiger partial charge in [-0.05, 0) is 55.0 Å². The lowest BCUT2D eigenvalue weighted by molar-refractivity contribution is -0.274. The SMILES string of the molecule is O=C(N(CCc1ccccc1)CC1CC1)n1ncc(-c2ccc(OC(F)(F)F)cc2)n1. The first-order valence-corrected chi connectivity index (χ1v) is 9.99. The number of nitrogens with zero attached hydrogens (tertiary/aromatic N) is 4. The molecule has 0 unspecified atom stereocenters. The standard InChI is InChI=1S/C22H21F3N4O2/c23-22(24,25)31-19-10-8-18(9-11-19)20-14-26-29(27-20)21(30)28(15-17-6-7-17)13-12-16-4-2-1-3-5-16/h1-5,8-11,14,17H,6-7,12-13,15H2. The van der Waals surface area contributed by atoms with Crippen LogP contribution >= 0.6 is 0 Å². The Kier molecular flexibility index (Phi) is 5.92. The molecule has 2 aromatic carbocycles. The fourth-order valence-corrected chi connectivity index (χ4v) is 3.23. The highest BCUT2D eigenvalue weighted by atomic mass is 19.4. The van der Waals surface area contributed by atoms with Gasteiger partial charge in [0, 0.05) is 18.7 Å². The highest BCUT2D eigenvalue weighted by Gasteiger charge is 2.31. The van der Waals surface area contributed by atoms with Gasteiger partial charge >= 0.3 is 12.4 Å². The molecule has 0 spiro atoms. The summed E-state index contributed by atoms with van der Waals surface area (Å²) >= 11 is 0. The summed E-state index contributed by atoms with van der Waals surface area (Å²) in [6.45, 7) is 1.21. The molecule has 1 heterocycles. The van der Waals surface area contributed by atoms with E-state index in [-0.39, 0.29) is 11.8 Å². The maximum absolute atomic E-state index is 13.0. The molecule has 1 amide bonds. The molecule has 3 aromatic rings. The van der Waals surface area contributed by atoms with Gasteiger partial charge in [-0.2, -0.15) is 5.10 Å². The number of aromatic nitrogens is 3. The van der Waals surface area contributed by atoms with Gasteiger partial charge in [0.2, 0.25) is 0 Å². The fourth-order valence-electron chi connectivity index (χ4n) is 3.23. The molecule has 4 rings (SSSR count). The third-order valence-corrected chi connectivity index (χ3v) is 5.01. The first kappa shape index (κ1) is 20.9. The van der Waals surface area contributed by atoms with E-state index in [0.29, 0.717) is 30.3 Å². The minimum atomic E-state index is -4.75. The zero-order chi connectivity index (χ0) is 21.8. The molecule has 0 aliphatic heterocycles. The Morgan fingerprint density at radius 3 is 2.45 bits per heavy atom. The maximum Gasteiger partial charge on any atom is 0.573 e. The van der Waals surface area contributed by atoms with Crippen molar-refractivity contribution in [3.05, 3.63) is 66.4 Å². The van der Waals surface area contributed by atoms with Crippen LogP contribution in [0, 0.1) is 5.92 Å². The van der Waals surface area contributed by atoms with Crippen molar-refractivity contribution in [1.82, 2.24) is 19.9 Å². The molecule has 1 saturated carbocycles. The van der Waals surface area contributed by atoms with E-state index >= 15 is 0 Å². The number of carbonyl (C=O) groups is 1. The van der Waals surface area contributed by atoms with Crippen LogP contribution in [0.1, 0.15) is 18.4 Å². The average molecular weight is 430 g/mol. The minimum Gasteiger partial charge on any atom is -0.406 e. The van der Waals surface area contributed by atoms with Crippen molar-refractivity contribution in [2.45, 2.75) is 25.6 Å². The number of carbonyl (C=O) groups excluding carboxylic acids is 1. The van der Waals surface area contributed by atoms with Crippen LogP contribution < -0.4 is 4.74 Å². The fraction of sp³-hybridized carbons (Fsp3) is 0.318. The van der Waals surface area contributed by atoms with Gasteiger partial charge in [0.25, 0.3) is 0 Å². The Morgan fingerprint density at radius 1 is 1.10 bits per heavy atom. The van der Waals surface area contributed by atoms with Crippen molar-refractivity contribution in [1.29, 1.82) is 0 Å². The Labute approximate surface area is 177 Å². The third kappa shape index (κ3) is 5.84. The zero-order valence-corrected chi connectivity index (χ0v) is 16.6. The summed E-state index contributed by atoms with van der Waals surface area (Å²) in [5.41, 5.74) is 2.07. The molecular weight excluding hydrogens is 409 g/mol. The molecule has 0 N–H and O–H groups in total. The molecule has 162 valence electrons. The summed E-state index contributed by atoms with van der Waals surface area (Å²) in [7, 11) is 0. The molecule has 1 aromatic heterocycles. The van der Waals surface area contributed by atoms with E-state index in [9.17, 15) is 18.0 Å². The van der Waals surface area contributed by atoms with Crippen molar-refractivity contribution in [2.24, 2.45) is 5.92 Å². The molecule has 1 fully saturated rings. The van der Waals surface area contributed by atoms with Crippen molar-refractivity contribution in [3.8, 4) is 17.0 Å². The Bertz CT molecular complexity index is 1020. The molecule has 0 saturated heterocycles. The van der Waals surface area contributed by atoms with Crippen LogP contribution in [0.2, 0.25) is 0 Å². The van der Waals surface area contributed by atoms with Gasteiger partial charge < -0.3 is 9.64 Å². The van der Waals surface area contributed by atoms with E-state index in [1.807, 2.05) is 30.3 Å². The van der Waals surface area contributed by atoms with Crippen LogP contribution in [0.15, 0.2) is 60.8 Å². The van der Waals surface area contributed by atoms with E-state index < -0.39 is 6.36 Å². The zero-order valence-electron chi connectivity index (χ0n) is 16.6. The van der Waals surface area contributed by atoms with Crippen LogP contribution in [0.3, 0.4) is 0 Å². The predicted octanol–water partition coefficient (Wildman–Crippen LogP) is 4.77. The number of hydrogen-bond acceptors (Lipinski definition) is 4. The Balaban J connectivity index is 1.44. The lowest BCUT2D eigenvalue weighted by Crippen LogP contribution is -2.38. The predicted molar refractivity (Wildman–Crippen MR) is 107 cm³/mol. The number of alkyl halides is 3. The summed E-state index contributed by atoms with van der Waals surface area (Å²) in [6, 6.07) is 14.9. The van der Waals surface area contributed by atoms with E-state index in [1.165, 1.54) is 30.5 Å². The van der Waals surface area contributed by atoms with Gasteiger partial charge in [-0.15, -0.1) is 18.3 Å². The van der Waals surface area contributed by atoms with E-state index in [1.54, 1.807) is 4.90 Å². The Morgan fingerprint density at radius 2 is 1.81 bits per heavy atom. The summed E-state index contributed by atoms with van der Waals surface area (Å²) < 4.78 is 40.8. The summed E-state index contributed by atoms with van der Waals surface area (Å²) in [5.74, 6) is 0.187. The molecule has 31 heavy (non-hydrogen) atoms. The van der Waals surface area contributed by atoms with Crippen LogP contribution in [0.5, 0.6) is 5.75 Å². The van der Waals surface area contributed by atoms with Crippen LogP contribution in [0.25, 0.3) is 11.3 Å². The molecule has 1 aliphatic carbocycles. The smallest absolute Gasteiger partial charge is 0.406 e. The summed E-state index contributed by atoms with van der Waals surface area (Å²) in [4.78, 5) is 15.8. The second kappa shape index (κ2) is 8.79. The number of amides is 1. The van der Waals surface area contributed by atoms with Crippen LogP contribution in [0.4, 0.5) is 18.0 Å². The molecule has 6 nitrogen and oxygen atoms in total. The van der Waals surface area contributed by atoms with Gasteiger partial charge in [-0.25, -0.2) is 4.79 Å². The molecule has 0 radical (unpaired) electrons. The van der Waals surface area contributed by atoms with Gasteiger partial charge in [0.15, 0.2) is 0 Å². The Hall–Kier alpha value is -3.36. The average Bonchev–Trinajstić information content (AvgIpc) is 3.43. The molecule has 9 heteroatoms. The van der Waals surface area contributed by atoms with Crippen LogP contribution in [-0.2, 0) is 6.42 Å². The quantitative estimate of drug-likeness (QED) is 0.542. The lowest BCUT2D eigenvalue weighted by atomic mass is 10.1. The minimum absolute atomic E-state index is 0.314. The van der Waals surface area contributed by atoms with Crippen molar-refractivity contribution in [3.63, 3.8) is 0 Å². The van der Waals surface area contributed by atoms with Crippen molar-refractivity contribution in [2.75, 3.05) is 13.1 Å². The third-order valence-electron chi connectivity index (χ3n) is 5.01. The van der Waals surface area contributed by atoms with Gasteiger partial charge in [0.1, 0.15) is 11.4 Å². The van der Waals surface area contributed by atoms with Crippen molar-refractivity contribution < 1.29 is 22.7 Å². The van der Waals surface area contributed by atoms with Crippen LogP contribution in [-0.4, -0.2) is 45.4 Å². The van der Waals surface area contributed by atoms with E-state index in [4.69, 9.17) is 0 Å². The molecular formula is C22H21F3N4O2. The first-order valence-electron chi connectivity index (χ1n) is 9.99. The first-order chi connectivity index (χ1) is 14.9. The number of halogens is 3. The number of benzene rings is 2. The maximum atomic E-state index is 13.0. The summed E-state index contributed by atoms with van der Waals surface area (Å²) in [6.07, 6.45) is -0.377. The van der Waals surface area contributed by atoms with Crippen molar-refractivity contribution >= 4 is 6.03 Å². The lowest BCUT2D eigenvalue weighted by Gasteiger charge is -2.21. The summed E-state index contributed by atoms with van der Waals surface area (Å²) in [5, 5.41) is 8.32.